The van der Waals surface area contributed by atoms with Gasteiger partial charge in [0, 0.05) is 5.92 Å². The van der Waals surface area contributed by atoms with Crippen LogP contribution in [-0.4, -0.2) is 19.8 Å². The molecule has 0 bridgehead atoms. The summed E-state index contributed by atoms with van der Waals surface area (Å²) >= 11 is 0. The topological polar surface area (TPSA) is 35.2 Å². The molecule has 14 heavy (non-hydrogen) atoms. The second-order valence-corrected chi connectivity index (χ2v) is 4.04. The molecular weight excluding hydrogens is 174 g/mol. The van der Waals surface area contributed by atoms with E-state index in [1.54, 1.807) is 0 Å². The summed E-state index contributed by atoms with van der Waals surface area (Å²) in [6, 6.07) is 8.72. The lowest BCUT2D eigenvalue weighted by molar-refractivity contribution is 0.00839. The number of benzene rings is 1. The molecule has 0 spiro atoms. The lowest BCUT2D eigenvalue weighted by Gasteiger charge is -2.27. The average Bonchev–Trinajstić information content (AvgIpc) is 2.14. The molecule has 1 aromatic rings. The Morgan fingerprint density at radius 2 is 2.29 bits per heavy atom. The number of rotatable bonds is 3. The van der Waals surface area contributed by atoms with Crippen LogP contribution in [0.5, 0.6) is 0 Å². The third kappa shape index (κ3) is 1.81. The SMILES string of the molecule is CC(CN)c1cccc(C2COC2)c1. The summed E-state index contributed by atoms with van der Waals surface area (Å²) in [6.07, 6.45) is 0. The van der Waals surface area contributed by atoms with E-state index in [-0.39, 0.29) is 0 Å². The zero-order valence-corrected chi connectivity index (χ0v) is 8.57. The van der Waals surface area contributed by atoms with Gasteiger partial charge in [-0.1, -0.05) is 31.2 Å². The van der Waals surface area contributed by atoms with E-state index in [1.807, 2.05) is 0 Å². The van der Waals surface area contributed by atoms with Gasteiger partial charge in [0.1, 0.15) is 0 Å². The van der Waals surface area contributed by atoms with E-state index in [0.717, 1.165) is 13.2 Å². The van der Waals surface area contributed by atoms with Gasteiger partial charge in [0.2, 0.25) is 0 Å². The highest BCUT2D eigenvalue weighted by molar-refractivity contribution is 5.29. The lowest BCUT2D eigenvalue weighted by atomic mass is 9.92. The van der Waals surface area contributed by atoms with Crippen molar-refractivity contribution in [2.24, 2.45) is 5.73 Å². The van der Waals surface area contributed by atoms with Gasteiger partial charge in [-0.25, -0.2) is 0 Å². The quantitative estimate of drug-likeness (QED) is 0.791. The van der Waals surface area contributed by atoms with E-state index in [1.165, 1.54) is 11.1 Å². The molecule has 1 aromatic carbocycles. The third-order valence-corrected chi connectivity index (χ3v) is 2.94. The van der Waals surface area contributed by atoms with Crippen molar-refractivity contribution < 1.29 is 4.74 Å². The second kappa shape index (κ2) is 4.11. The number of nitrogens with two attached hydrogens (primary N) is 1. The van der Waals surface area contributed by atoms with E-state index >= 15 is 0 Å². The predicted octanol–water partition coefficient (Wildman–Crippen LogP) is 1.86. The first kappa shape index (κ1) is 9.69. The molecule has 1 saturated heterocycles. The summed E-state index contributed by atoms with van der Waals surface area (Å²) in [5.74, 6) is 1.07. The largest absolute Gasteiger partial charge is 0.380 e. The third-order valence-electron chi connectivity index (χ3n) is 2.94. The highest BCUT2D eigenvalue weighted by Gasteiger charge is 2.20. The summed E-state index contributed by atoms with van der Waals surface area (Å²) in [5, 5.41) is 0. The summed E-state index contributed by atoms with van der Waals surface area (Å²) < 4.78 is 5.19. The summed E-state index contributed by atoms with van der Waals surface area (Å²) in [7, 11) is 0. The molecule has 1 heterocycles. The summed E-state index contributed by atoms with van der Waals surface area (Å²) in [4.78, 5) is 0. The zero-order chi connectivity index (χ0) is 9.97. The molecule has 2 nitrogen and oxygen atoms in total. The van der Waals surface area contributed by atoms with Gasteiger partial charge in [0.05, 0.1) is 13.2 Å². The molecule has 0 aliphatic carbocycles. The molecule has 2 N–H and O–H groups in total. The number of ether oxygens (including phenoxy) is 1. The Labute approximate surface area is 85.1 Å². The van der Waals surface area contributed by atoms with Gasteiger partial charge >= 0.3 is 0 Å². The minimum absolute atomic E-state index is 0.455. The molecule has 1 fully saturated rings. The van der Waals surface area contributed by atoms with Gasteiger partial charge in [0.25, 0.3) is 0 Å². The fourth-order valence-electron chi connectivity index (χ4n) is 1.68. The van der Waals surface area contributed by atoms with Gasteiger partial charge in [0.15, 0.2) is 0 Å². The maximum Gasteiger partial charge on any atom is 0.0557 e. The zero-order valence-electron chi connectivity index (χ0n) is 8.57. The first-order valence-corrected chi connectivity index (χ1v) is 5.19. The van der Waals surface area contributed by atoms with Gasteiger partial charge in [-0.05, 0) is 23.6 Å². The first-order valence-electron chi connectivity index (χ1n) is 5.19. The fourth-order valence-corrected chi connectivity index (χ4v) is 1.68. The molecule has 1 atom stereocenters. The van der Waals surface area contributed by atoms with Crippen LogP contribution in [0, 0.1) is 0 Å². The van der Waals surface area contributed by atoms with E-state index < -0.39 is 0 Å². The lowest BCUT2D eigenvalue weighted by Crippen LogP contribution is -2.25. The van der Waals surface area contributed by atoms with E-state index in [4.69, 9.17) is 10.5 Å². The molecule has 1 aliphatic heterocycles. The van der Waals surface area contributed by atoms with Gasteiger partial charge in [-0.3, -0.25) is 0 Å². The number of hydrogen-bond donors (Lipinski definition) is 1. The van der Waals surface area contributed by atoms with Crippen LogP contribution in [0.25, 0.3) is 0 Å². The molecular formula is C12H17NO. The van der Waals surface area contributed by atoms with Crippen LogP contribution < -0.4 is 5.73 Å². The van der Waals surface area contributed by atoms with Crippen LogP contribution in [0.1, 0.15) is 29.9 Å². The highest BCUT2D eigenvalue weighted by Crippen LogP contribution is 2.26. The fraction of sp³-hybridized carbons (Fsp3) is 0.500. The Kier molecular flexibility index (Phi) is 2.85. The molecule has 76 valence electrons. The minimum Gasteiger partial charge on any atom is -0.380 e. The smallest absolute Gasteiger partial charge is 0.0557 e. The Morgan fingerprint density at radius 3 is 2.86 bits per heavy atom. The monoisotopic (exact) mass is 191 g/mol. The average molecular weight is 191 g/mol. The Morgan fingerprint density at radius 1 is 1.50 bits per heavy atom. The standard InChI is InChI=1S/C12H17NO/c1-9(6-13)10-3-2-4-11(5-10)12-7-14-8-12/h2-5,9,12H,6-8,13H2,1H3. The molecule has 1 aliphatic rings. The van der Waals surface area contributed by atoms with Gasteiger partial charge < -0.3 is 10.5 Å². The van der Waals surface area contributed by atoms with Crippen molar-refractivity contribution in [2.45, 2.75) is 18.8 Å². The Balaban J connectivity index is 2.17. The second-order valence-electron chi connectivity index (χ2n) is 4.04. The van der Waals surface area contributed by atoms with Crippen LogP contribution >= 0.6 is 0 Å². The van der Waals surface area contributed by atoms with Crippen LogP contribution in [0.4, 0.5) is 0 Å². The molecule has 1 unspecified atom stereocenters. The summed E-state index contributed by atoms with van der Waals surface area (Å²) in [6.45, 7) is 4.63. The Bertz CT molecular complexity index is 287. The van der Waals surface area contributed by atoms with Crippen molar-refractivity contribution >= 4 is 0 Å². The molecule has 0 amide bonds. The first-order chi connectivity index (χ1) is 6.81. The van der Waals surface area contributed by atoms with Crippen molar-refractivity contribution in [3.05, 3.63) is 35.4 Å². The van der Waals surface area contributed by atoms with Crippen molar-refractivity contribution in [3.63, 3.8) is 0 Å². The van der Waals surface area contributed by atoms with Crippen molar-refractivity contribution in [1.82, 2.24) is 0 Å². The summed E-state index contributed by atoms with van der Waals surface area (Å²) in [5.41, 5.74) is 8.39. The van der Waals surface area contributed by atoms with E-state index in [9.17, 15) is 0 Å². The Hall–Kier alpha value is -0.860. The van der Waals surface area contributed by atoms with E-state index in [2.05, 4.69) is 31.2 Å². The molecule has 0 aromatic heterocycles. The maximum absolute atomic E-state index is 5.65. The van der Waals surface area contributed by atoms with Crippen LogP contribution in [-0.2, 0) is 4.74 Å². The predicted molar refractivity (Wildman–Crippen MR) is 57.5 cm³/mol. The van der Waals surface area contributed by atoms with Crippen molar-refractivity contribution in [1.29, 1.82) is 0 Å². The van der Waals surface area contributed by atoms with Crippen LogP contribution in [0.15, 0.2) is 24.3 Å². The van der Waals surface area contributed by atoms with Crippen LogP contribution in [0.3, 0.4) is 0 Å². The van der Waals surface area contributed by atoms with Gasteiger partial charge in [-0.15, -0.1) is 0 Å². The number of hydrogen-bond acceptors (Lipinski definition) is 2. The van der Waals surface area contributed by atoms with Crippen molar-refractivity contribution in [2.75, 3.05) is 19.8 Å². The molecule has 0 radical (unpaired) electrons. The van der Waals surface area contributed by atoms with E-state index in [0.29, 0.717) is 18.4 Å². The molecule has 2 rings (SSSR count). The normalized spacial score (nSPS) is 19.0. The highest BCUT2D eigenvalue weighted by atomic mass is 16.5. The molecule has 2 heteroatoms. The molecule has 0 saturated carbocycles. The van der Waals surface area contributed by atoms with Crippen LogP contribution in [0.2, 0.25) is 0 Å². The minimum atomic E-state index is 0.455. The van der Waals surface area contributed by atoms with Crippen molar-refractivity contribution in [3.8, 4) is 0 Å². The van der Waals surface area contributed by atoms with Gasteiger partial charge in [-0.2, -0.15) is 0 Å². The maximum atomic E-state index is 5.65.